The van der Waals surface area contributed by atoms with Crippen molar-refractivity contribution in [1.82, 2.24) is 0 Å². The van der Waals surface area contributed by atoms with Gasteiger partial charge in [0, 0.05) is 16.7 Å². The van der Waals surface area contributed by atoms with Crippen LogP contribution >= 0.6 is 0 Å². The molecule has 0 amide bonds. The van der Waals surface area contributed by atoms with Gasteiger partial charge in [-0.2, -0.15) is 13.2 Å². The lowest BCUT2D eigenvalue weighted by Crippen LogP contribution is -2.29. The molecule has 26 heavy (non-hydrogen) atoms. The number of benzene rings is 2. The van der Waals surface area contributed by atoms with Crippen molar-refractivity contribution in [1.29, 1.82) is 0 Å². The molecule has 1 aliphatic rings. The van der Waals surface area contributed by atoms with E-state index in [1.165, 1.54) is 36.4 Å². The highest BCUT2D eigenvalue weighted by Gasteiger charge is 2.47. The molecule has 0 radical (unpaired) electrons. The number of carbonyl (C=O) groups is 2. The van der Waals surface area contributed by atoms with Crippen LogP contribution < -0.4 is 0 Å². The second kappa shape index (κ2) is 5.94. The van der Waals surface area contributed by atoms with Crippen LogP contribution in [0.25, 0.3) is 5.57 Å². The molecular weight excluding hydrogens is 341 g/mol. The van der Waals surface area contributed by atoms with Gasteiger partial charge in [-0.25, -0.2) is 0 Å². The van der Waals surface area contributed by atoms with Crippen molar-refractivity contribution in [2.75, 3.05) is 0 Å². The zero-order valence-corrected chi connectivity index (χ0v) is 14.6. The number of halogens is 3. The van der Waals surface area contributed by atoms with Gasteiger partial charge in [0.1, 0.15) is 5.57 Å². The molecule has 0 atom stereocenters. The van der Waals surface area contributed by atoms with Gasteiger partial charge in [-0.05, 0) is 16.5 Å². The summed E-state index contributed by atoms with van der Waals surface area (Å²) >= 11 is 0. The van der Waals surface area contributed by atoms with Gasteiger partial charge in [0.15, 0.2) is 11.6 Å². The summed E-state index contributed by atoms with van der Waals surface area (Å²) in [7, 11) is 0. The maximum atomic E-state index is 13.6. The van der Waals surface area contributed by atoms with Crippen molar-refractivity contribution < 1.29 is 22.8 Å². The molecule has 5 heteroatoms. The number of Topliss-reactive ketones (excluding diaryl/α,β-unsaturated/α-hetero) is 2. The molecule has 0 fully saturated rings. The number of allylic oxidation sites excluding steroid dienone is 2. The first-order valence-corrected chi connectivity index (χ1v) is 8.12. The van der Waals surface area contributed by atoms with E-state index in [4.69, 9.17) is 0 Å². The third-order valence-corrected chi connectivity index (χ3v) is 4.44. The molecule has 2 aromatic rings. The van der Waals surface area contributed by atoms with Gasteiger partial charge in [-0.1, -0.05) is 69.3 Å². The Balaban J connectivity index is 2.25. The molecule has 3 rings (SSSR count). The van der Waals surface area contributed by atoms with Crippen LogP contribution in [0, 0.1) is 0 Å². The smallest absolute Gasteiger partial charge is 0.289 e. The second-order valence-electron chi connectivity index (χ2n) is 7.28. The minimum absolute atomic E-state index is 0.000368. The number of hydrogen-bond donors (Lipinski definition) is 0. The highest BCUT2D eigenvalue weighted by Crippen LogP contribution is 2.40. The van der Waals surface area contributed by atoms with Crippen LogP contribution in [0.4, 0.5) is 13.2 Å². The molecule has 0 N–H and O–H groups in total. The maximum Gasteiger partial charge on any atom is 0.420 e. The van der Waals surface area contributed by atoms with Crippen LogP contribution in [0.5, 0.6) is 0 Å². The molecule has 0 spiro atoms. The summed E-state index contributed by atoms with van der Waals surface area (Å²) in [6.45, 7) is 5.94. The molecule has 0 aromatic heterocycles. The number of alkyl halides is 3. The number of rotatable bonds is 1. The average molecular weight is 358 g/mol. The summed E-state index contributed by atoms with van der Waals surface area (Å²) in [5, 5.41) is 0. The number of carbonyl (C=O) groups excluding carboxylic acids is 2. The topological polar surface area (TPSA) is 34.1 Å². The van der Waals surface area contributed by atoms with Crippen molar-refractivity contribution in [3.63, 3.8) is 0 Å². The van der Waals surface area contributed by atoms with E-state index >= 15 is 0 Å². The van der Waals surface area contributed by atoms with Gasteiger partial charge in [-0.15, -0.1) is 0 Å². The van der Waals surface area contributed by atoms with Crippen LogP contribution in [0.1, 0.15) is 52.6 Å². The van der Waals surface area contributed by atoms with Crippen LogP contribution in [0.15, 0.2) is 54.1 Å². The molecule has 2 nitrogen and oxygen atoms in total. The maximum absolute atomic E-state index is 13.6. The Morgan fingerprint density at radius 3 is 1.69 bits per heavy atom. The average Bonchev–Trinajstić information content (AvgIpc) is 2.56. The number of ketones is 2. The van der Waals surface area contributed by atoms with E-state index in [2.05, 4.69) is 0 Å². The highest BCUT2D eigenvalue weighted by molar-refractivity contribution is 6.41. The molecule has 1 aliphatic carbocycles. The summed E-state index contributed by atoms with van der Waals surface area (Å²) in [4.78, 5) is 25.3. The van der Waals surface area contributed by atoms with Crippen LogP contribution in [-0.2, 0) is 5.41 Å². The normalized spacial score (nSPS) is 15.3. The lowest BCUT2D eigenvalue weighted by molar-refractivity contribution is -0.0883. The van der Waals surface area contributed by atoms with Crippen molar-refractivity contribution in [2.24, 2.45) is 0 Å². The third-order valence-electron chi connectivity index (χ3n) is 4.44. The molecule has 0 bridgehead atoms. The van der Waals surface area contributed by atoms with E-state index in [-0.39, 0.29) is 22.1 Å². The summed E-state index contributed by atoms with van der Waals surface area (Å²) in [5.74, 6) is -1.95. The SMILES string of the molecule is CC(C)(C)c1ccc(C2=C(C(F)(F)F)C(=O)c3ccccc3C2=O)cc1. The van der Waals surface area contributed by atoms with Crippen molar-refractivity contribution in [2.45, 2.75) is 32.4 Å². The minimum atomic E-state index is -4.92. The molecule has 0 saturated carbocycles. The molecule has 0 saturated heterocycles. The first-order chi connectivity index (χ1) is 12.0. The van der Waals surface area contributed by atoms with Crippen molar-refractivity contribution in [3.8, 4) is 0 Å². The van der Waals surface area contributed by atoms with E-state index in [1.54, 1.807) is 12.1 Å². The Hall–Kier alpha value is -2.69. The molecule has 2 aromatic carbocycles. The lowest BCUT2D eigenvalue weighted by Gasteiger charge is -2.24. The summed E-state index contributed by atoms with van der Waals surface area (Å²) in [5.41, 5.74) is -1.35. The summed E-state index contributed by atoms with van der Waals surface area (Å²) < 4.78 is 40.9. The largest absolute Gasteiger partial charge is 0.420 e. The monoisotopic (exact) mass is 358 g/mol. The summed E-state index contributed by atoms with van der Waals surface area (Å²) in [6, 6.07) is 11.9. The van der Waals surface area contributed by atoms with E-state index in [0.717, 1.165) is 5.56 Å². The summed E-state index contributed by atoms with van der Waals surface area (Å²) in [6.07, 6.45) is -4.92. The molecular formula is C21H17F3O2. The van der Waals surface area contributed by atoms with Crippen molar-refractivity contribution >= 4 is 17.1 Å². The molecule has 0 aliphatic heterocycles. The van der Waals surface area contributed by atoms with Crippen LogP contribution in [-0.4, -0.2) is 17.7 Å². The molecule has 0 unspecified atom stereocenters. The quantitative estimate of drug-likeness (QED) is 0.686. The van der Waals surface area contributed by atoms with Gasteiger partial charge >= 0.3 is 6.18 Å². The first-order valence-electron chi connectivity index (χ1n) is 8.12. The standard InChI is InChI=1S/C21H17F3O2/c1-20(2,3)13-10-8-12(9-11-13)16-17(21(22,23)24)19(26)15-7-5-4-6-14(15)18(16)25/h4-11H,1-3H3. The molecule has 134 valence electrons. The van der Waals surface area contributed by atoms with Crippen molar-refractivity contribution in [3.05, 3.63) is 76.4 Å². The number of hydrogen-bond acceptors (Lipinski definition) is 2. The third kappa shape index (κ3) is 2.98. The van der Waals surface area contributed by atoms with Crippen LogP contribution in [0.3, 0.4) is 0 Å². The first kappa shape index (κ1) is 18.1. The van der Waals surface area contributed by atoms with E-state index in [0.29, 0.717) is 0 Å². The van der Waals surface area contributed by atoms with Gasteiger partial charge in [0.05, 0.1) is 0 Å². The highest BCUT2D eigenvalue weighted by atomic mass is 19.4. The lowest BCUT2D eigenvalue weighted by atomic mass is 9.80. The Morgan fingerprint density at radius 2 is 1.23 bits per heavy atom. The van der Waals surface area contributed by atoms with Crippen LogP contribution in [0.2, 0.25) is 0 Å². The van der Waals surface area contributed by atoms with Gasteiger partial charge < -0.3 is 0 Å². The van der Waals surface area contributed by atoms with Gasteiger partial charge in [0.2, 0.25) is 0 Å². The van der Waals surface area contributed by atoms with E-state index in [1.807, 2.05) is 20.8 Å². The Labute approximate surface area is 149 Å². The fraction of sp³-hybridized carbons (Fsp3) is 0.238. The minimum Gasteiger partial charge on any atom is -0.289 e. The zero-order valence-electron chi connectivity index (χ0n) is 14.6. The van der Waals surface area contributed by atoms with Gasteiger partial charge in [0.25, 0.3) is 0 Å². The Kier molecular flexibility index (Phi) is 4.14. The number of fused-ring (bicyclic) bond motifs is 1. The predicted octanol–water partition coefficient (Wildman–Crippen LogP) is 5.38. The zero-order chi connectivity index (χ0) is 19.3. The Bertz CT molecular complexity index is 927. The van der Waals surface area contributed by atoms with E-state index in [9.17, 15) is 22.8 Å². The fourth-order valence-electron chi connectivity index (χ4n) is 3.06. The van der Waals surface area contributed by atoms with Gasteiger partial charge in [-0.3, -0.25) is 9.59 Å². The van der Waals surface area contributed by atoms with E-state index < -0.39 is 28.9 Å². The molecule has 0 heterocycles. The second-order valence-corrected chi connectivity index (χ2v) is 7.28. The Morgan fingerprint density at radius 1 is 0.731 bits per heavy atom. The fourth-order valence-corrected chi connectivity index (χ4v) is 3.06. The predicted molar refractivity (Wildman–Crippen MR) is 93.2 cm³/mol.